The molecule has 32 heavy (non-hydrogen) atoms. The highest BCUT2D eigenvalue weighted by atomic mass is 32.2. The number of carbonyl (C=O) groups excluding carboxylic acids is 2. The van der Waals surface area contributed by atoms with E-state index in [1.807, 2.05) is 30.3 Å². The number of amides is 2. The second-order valence-electron chi connectivity index (χ2n) is 7.04. The monoisotopic (exact) mass is 445 g/mol. The van der Waals surface area contributed by atoms with Gasteiger partial charge in [0, 0.05) is 12.7 Å². The maximum atomic E-state index is 13.1. The van der Waals surface area contributed by atoms with Crippen molar-refractivity contribution in [3.63, 3.8) is 0 Å². The Morgan fingerprint density at radius 2 is 1.62 bits per heavy atom. The maximum absolute atomic E-state index is 13.1. The number of nitrogens with zero attached hydrogens (tertiary/aromatic N) is 4. The molecule has 0 unspecified atom stereocenters. The summed E-state index contributed by atoms with van der Waals surface area (Å²) in [4.78, 5) is 40.0. The van der Waals surface area contributed by atoms with E-state index in [0.29, 0.717) is 17.1 Å². The van der Waals surface area contributed by atoms with Crippen LogP contribution in [0.2, 0.25) is 0 Å². The zero-order valence-corrected chi connectivity index (χ0v) is 18.2. The lowest BCUT2D eigenvalue weighted by atomic mass is 10.2. The van der Waals surface area contributed by atoms with Gasteiger partial charge in [-0.3, -0.25) is 24.0 Å². The van der Waals surface area contributed by atoms with Crippen molar-refractivity contribution in [2.24, 2.45) is 7.05 Å². The van der Waals surface area contributed by atoms with E-state index in [1.165, 1.54) is 9.58 Å². The molecule has 4 rings (SSSR count). The summed E-state index contributed by atoms with van der Waals surface area (Å²) < 4.78 is 3.07. The molecule has 9 heteroatoms. The van der Waals surface area contributed by atoms with Gasteiger partial charge in [0.25, 0.3) is 11.5 Å². The summed E-state index contributed by atoms with van der Waals surface area (Å²) in [5.41, 5.74) is 1.19. The van der Waals surface area contributed by atoms with Gasteiger partial charge in [-0.25, -0.2) is 4.68 Å². The third-order valence-corrected chi connectivity index (χ3v) is 6.20. The van der Waals surface area contributed by atoms with E-state index in [1.54, 1.807) is 55.1 Å². The van der Waals surface area contributed by atoms with Crippen LogP contribution in [0.1, 0.15) is 5.69 Å². The van der Waals surface area contributed by atoms with Gasteiger partial charge >= 0.3 is 0 Å². The predicted octanol–water partition coefficient (Wildman–Crippen LogP) is 2.94. The number of para-hydroxylation sites is 2. The molecule has 1 fully saturated rings. The van der Waals surface area contributed by atoms with E-state index in [4.69, 9.17) is 0 Å². The van der Waals surface area contributed by atoms with Crippen LogP contribution in [0.25, 0.3) is 5.69 Å². The normalized spacial score (nSPS) is 14.9. The first-order valence-corrected chi connectivity index (χ1v) is 10.7. The standard InChI is InChI=1S/C23H19N5O3S/c1-15-20(22(31)28(26(15)2)17-11-7-4-8-12-17)25-21(30)18(13-24)23-27(19(29)14-32-23)16-9-5-3-6-10-16/h3-12H,14H2,1-2H3,(H,25,30)/b23-18-. The highest BCUT2D eigenvalue weighted by Crippen LogP contribution is 2.36. The van der Waals surface area contributed by atoms with Crippen LogP contribution < -0.4 is 15.8 Å². The average molecular weight is 446 g/mol. The van der Waals surface area contributed by atoms with Gasteiger partial charge in [0.2, 0.25) is 5.91 Å². The highest BCUT2D eigenvalue weighted by Gasteiger charge is 2.33. The molecule has 160 valence electrons. The van der Waals surface area contributed by atoms with Gasteiger partial charge in [-0.1, -0.05) is 48.2 Å². The summed E-state index contributed by atoms with van der Waals surface area (Å²) in [5.74, 6) is -0.843. The maximum Gasteiger partial charge on any atom is 0.295 e. The first-order valence-electron chi connectivity index (χ1n) is 9.74. The summed E-state index contributed by atoms with van der Waals surface area (Å²) in [5, 5.41) is 12.6. The molecule has 1 aromatic heterocycles. The van der Waals surface area contributed by atoms with Gasteiger partial charge in [-0.2, -0.15) is 5.26 Å². The number of carbonyl (C=O) groups is 2. The minimum absolute atomic E-state index is 0.0790. The Balaban J connectivity index is 1.73. The van der Waals surface area contributed by atoms with Crippen molar-refractivity contribution in [3.05, 3.63) is 87.3 Å². The highest BCUT2D eigenvalue weighted by molar-refractivity contribution is 8.04. The van der Waals surface area contributed by atoms with E-state index in [-0.39, 0.29) is 27.9 Å². The van der Waals surface area contributed by atoms with Crippen molar-refractivity contribution in [3.8, 4) is 11.8 Å². The smallest absolute Gasteiger partial charge is 0.295 e. The van der Waals surface area contributed by atoms with Crippen LogP contribution in [0.5, 0.6) is 0 Å². The van der Waals surface area contributed by atoms with Crippen molar-refractivity contribution in [2.45, 2.75) is 6.92 Å². The fourth-order valence-electron chi connectivity index (χ4n) is 3.48. The third kappa shape index (κ3) is 3.61. The molecule has 2 heterocycles. The summed E-state index contributed by atoms with van der Waals surface area (Å²) >= 11 is 1.12. The van der Waals surface area contributed by atoms with Crippen molar-refractivity contribution < 1.29 is 9.59 Å². The van der Waals surface area contributed by atoms with E-state index < -0.39 is 11.5 Å². The molecule has 2 amide bonds. The number of rotatable bonds is 4. The van der Waals surface area contributed by atoms with Crippen LogP contribution in [0.3, 0.4) is 0 Å². The SMILES string of the molecule is Cc1c(NC(=O)/C(C#N)=C2\SCC(=O)N2c2ccccc2)c(=O)n(-c2ccccc2)n1C. The Hall–Kier alpha value is -4.03. The molecule has 0 radical (unpaired) electrons. The summed E-state index contributed by atoms with van der Waals surface area (Å²) in [6.07, 6.45) is 0. The molecule has 0 saturated carbocycles. The molecular weight excluding hydrogens is 426 g/mol. The quantitative estimate of drug-likeness (QED) is 0.492. The second kappa shape index (κ2) is 8.61. The van der Waals surface area contributed by atoms with Crippen LogP contribution in [0.4, 0.5) is 11.4 Å². The number of benzene rings is 2. The lowest BCUT2D eigenvalue weighted by Crippen LogP contribution is -2.28. The number of anilines is 2. The molecule has 2 aromatic carbocycles. The number of nitrogens with one attached hydrogen (secondary N) is 1. The van der Waals surface area contributed by atoms with Crippen LogP contribution in [-0.2, 0) is 16.6 Å². The fourth-order valence-corrected chi connectivity index (χ4v) is 4.49. The summed E-state index contributed by atoms with van der Waals surface area (Å²) in [7, 11) is 1.71. The number of hydrogen-bond donors (Lipinski definition) is 1. The fraction of sp³-hybridized carbons (Fsp3) is 0.130. The van der Waals surface area contributed by atoms with Gasteiger partial charge in [0.05, 0.1) is 17.1 Å². The first kappa shape index (κ1) is 21.2. The third-order valence-electron chi connectivity index (χ3n) is 5.14. The molecule has 0 atom stereocenters. The lowest BCUT2D eigenvalue weighted by Gasteiger charge is -2.18. The molecule has 0 spiro atoms. The Morgan fingerprint density at radius 1 is 1.03 bits per heavy atom. The lowest BCUT2D eigenvalue weighted by molar-refractivity contribution is -0.115. The van der Waals surface area contributed by atoms with Gasteiger partial charge in [-0.15, -0.1) is 0 Å². The largest absolute Gasteiger partial charge is 0.315 e. The minimum atomic E-state index is -0.739. The second-order valence-corrected chi connectivity index (χ2v) is 8.00. The van der Waals surface area contributed by atoms with Crippen molar-refractivity contribution in [1.29, 1.82) is 5.26 Å². The molecular formula is C23H19N5O3S. The van der Waals surface area contributed by atoms with Gasteiger partial charge in [0.15, 0.2) is 0 Å². The Bertz CT molecular complexity index is 1330. The molecule has 0 aliphatic carbocycles. The molecule has 1 N–H and O–H groups in total. The molecule has 1 saturated heterocycles. The van der Waals surface area contributed by atoms with E-state index >= 15 is 0 Å². The summed E-state index contributed by atoms with van der Waals surface area (Å²) in [6.45, 7) is 1.71. The van der Waals surface area contributed by atoms with Crippen LogP contribution >= 0.6 is 11.8 Å². The van der Waals surface area contributed by atoms with Gasteiger partial charge in [-0.05, 0) is 31.2 Å². The van der Waals surface area contributed by atoms with Crippen LogP contribution in [-0.4, -0.2) is 26.9 Å². The van der Waals surface area contributed by atoms with E-state index in [0.717, 1.165) is 11.8 Å². The molecule has 8 nitrogen and oxygen atoms in total. The molecule has 0 bridgehead atoms. The Labute approximate surface area is 188 Å². The Morgan fingerprint density at radius 3 is 2.22 bits per heavy atom. The predicted molar refractivity (Wildman–Crippen MR) is 123 cm³/mol. The van der Waals surface area contributed by atoms with Crippen LogP contribution in [0.15, 0.2) is 76.1 Å². The minimum Gasteiger partial charge on any atom is -0.315 e. The zero-order chi connectivity index (χ0) is 22.8. The number of nitriles is 1. The molecule has 1 aliphatic rings. The summed E-state index contributed by atoms with van der Waals surface area (Å²) in [6, 6.07) is 19.8. The van der Waals surface area contributed by atoms with Gasteiger partial charge < -0.3 is 5.32 Å². The van der Waals surface area contributed by atoms with E-state index in [2.05, 4.69) is 5.32 Å². The topological polar surface area (TPSA) is 100 Å². The van der Waals surface area contributed by atoms with Crippen molar-refractivity contribution in [2.75, 3.05) is 16.0 Å². The average Bonchev–Trinajstić information content (AvgIpc) is 3.28. The van der Waals surface area contributed by atoms with E-state index in [9.17, 15) is 19.6 Å². The van der Waals surface area contributed by atoms with Crippen molar-refractivity contribution in [1.82, 2.24) is 9.36 Å². The van der Waals surface area contributed by atoms with Gasteiger partial charge in [0.1, 0.15) is 22.4 Å². The van der Waals surface area contributed by atoms with Crippen LogP contribution in [0, 0.1) is 18.3 Å². The number of hydrogen-bond acceptors (Lipinski definition) is 5. The van der Waals surface area contributed by atoms with Crippen molar-refractivity contribution >= 4 is 35.0 Å². The Kier molecular flexibility index (Phi) is 5.71. The molecule has 3 aromatic rings. The number of thioether (sulfide) groups is 1. The zero-order valence-electron chi connectivity index (χ0n) is 17.4. The molecule has 1 aliphatic heterocycles. The first-order chi connectivity index (χ1) is 15.4. The number of aromatic nitrogens is 2.